The molecule has 0 saturated heterocycles. The van der Waals surface area contributed by atoms with Crippen LogP contribution in [0, 0.1) is 11.3 Å². The number of nitrogens with zero attached hydrogens (tertiary/aromatic N) is 5. The van der Waals surface area contributed by atoms with Crippen molar-refractivity contribution < 1.29 is 0 Å². The van der Waals surface area contributed by atoms with Crippen molar-refractivity contribution in [1.29, 1.82) is 5.26 Å². The lowest BCUT2D eigenvalue weighted by Gasteiger charge is -2.12. The van der Waals surface area contributed by atoms with Gasteiger partial charge in [-0.25, -0.2) is 4.98 Å². The first kappa shape index (κ1) is 14.5. The highest BCUT2D eigenvalue weighted by Crippen LogP contribution is 2.24. The molecule has 20 heavy (non-hydrogen) atoms. The molecule has 7 heteroatoms. The Kier molecular flexibility index (Phi) is 4.71. The van der Waals surface area contributed by atoms with Crippen molar-refractivity contribution in [3.05, 3.63) is 35.4 Å². The van der Waals surface area contributed by atoms with E-state index in [0.717, 1.165) is 16.5 Å². The molecule has 2 aromatic rings. The fourth-order valence-electron chi connectivity index (χ4n) is 1.84. The van der Waals surface area contributed by atoms with Crippen LogP contribution < -0.4 is 5.73 Å². The molecule has 104 valence electrons. The first-order chi connectivity index (χ1) is 9.65. The number of rotatable bonds is 5. The Hall–Kier alpha value is -1.91. The summed E-state index contributed by atoms with van der Waals surface area (Å²) in [6.45, 7) is 4.53. The fourth-order valence-corrected chi connectivity index (χ4v) is 2.87. The molecule has 6 nitrogen and oxygen atoms in total. The standard InChI is InChI=1S/C13H16N6S/c1-9(2)19-12(7-15)17-18-13(19)20-8-10-3-4-16-11(5-10)6-14/h3-5,9H,7-8,15H2,1-2H3. The minimum absolute atomic E-state index is 0.262. The van der Waals surface area contributed by atoms with Crippen LogP contribution in [0.15, 0.2) is 23.5 Å². The predicted molar refractivity (Wildman–Crippen MR) is 76.8 cm³/mol. The summed E-state index contributed by atoms with van der Waals surface area (Å²) in [6, 6.07) is 5.98. The van der Waals surface area contributed by atoms with Gasteiger partial charge < -0.3 is 10.3 Å². The van der Waals surface area contributed by atoms with Crippen molar-refractivity contribution in [2.24, 2.45) is 5.73 Å². The van der Waals surface area contributed by atoms with Gasteiger partial charge in [0.1, 0.15) is 17.6 Å². The SMILES string of the molecule is CC(C)n1c(CN)nnc1SCc1ccnc(C#N)c1. The molecule has 0 radical (unpaired) electrons. The molecule has 0 amide bonds. The summed E-state index contributed by atoms with van der Waals surface area (Å²) in [5, 5.41) is 18.0. The zero-order valence-corrected chi connectivity index (χ0v) is 12.3. The Balaban J connectivity index is 2.15. The topological polar surface area (TPSA) is 93.4 Å². The highest BCUT2D eigenvalue weighted by Gasteiger charge is 2.14. The predicted octanol–water partition coefficient (Wildman–Crippen LogP) is 1.88. The summed E-state index contributed by atoms with van der Waals surface area (Å²) in [5.41, 5.74) is 7.13. The van der Waals surface area contributed by atoms with Gasteiger partial charge in [0.2, 0.25) is 0 Å². The molecule has 2 rings (SSSR count). The summed E-state index contributed by atoms with van der Waals surface area (Å²) in [7, 11) is 0. The van der Waals surface area contributed by atoms with Gasteiger partial charge in [-0.05, 0) is 31.5 Å². The molecular weight excluding hydrogens is 272 g/mol. The highest BCUT2D eigenvalue weighted by molar-refractivity contribution is 7.98. The van der Waals surface area contributed by atoms with Gasteiger partial charge >= 0.3 is 0 Å². The molecule has 2 N–H and O–H groups in total. The van der Waals surface area contributed by atoms with Gasteiger partial charge in [0.15, 0.2) is 5.16 Å². The number of pyridine rings is 1. The monoisotopic (exact) mass is 288 g/mol. The Morgan fingerprint density at radius 2 is 2.25 bits per heavy atom. The summed E-state index contributed by atoms with van der Waals surface area (Å²) in [4.78, 5) is 3.96. The van der Waals surface area contributed by atoms with Gasteiger partial charge in [-0.2, -0.15) is 5.26 Å². The lowest BCUT2D eigenvalue weighted by atomic mass is 10.2. The average molecular weight is 288 g/mol. The van der Waals surface area contributed by atoms with Crippen LogP contribution in [0.3, 0.4) is 0 Å². The third-order valence-corrected chi connectivity index (χ3v) is 3.76. The lowest BCUT2D eigenvalue weighted by Crippen LogP contribution is -2.11. The van der Waals surface area contributed by atoms with Gasteiger partial charge in [0.05, 0.1) is 6.54 Å². The molecule has 0 aliphatic rings. The Labute approximate surface area is 122 Å². The number of hydrogen-bond acceptors (Lipinski definition) is 6. The van der Waals surface area contributed by atoms with E-state index in [9.17, 15) is 0 Å². The molecule has 0 bridgehead atoms. The molecule has 0 aliphatic carbocycles. The second-order valence-electron chi connectivity index (χ2n) is 4.52. The molecule has 0 aromatic carbocycles. The Bertz CT molecular complexity index is 628. The van der Waals surface area contributed by atoms with E-state index in [-0.39, 0.29) is 6.04 Å². The average Bonchev–Trinajstić information content (AvgIpc) is 2.88. The zero-order valence-electron chi connectivity index (χ0n) is 11.4. The number of nitrogens with two attached hydrogens (primary N) is 1. The van der Waals surface area contributed by atoms with Crippen LogP contribution in [0.25, 0.3) is 0 Å². The maximum atomic E-state index is 8.84. The molecule has 0 fully saturated rings. The quantitative estimate of drug-likeness (QED) is 0.844. The van der Waals surface area contributed by atoms with Crippen LogP contribution in [0.4, 0.5) is 0 Å². The lowest BCUT2D eigenvalue weighted by molar-refractivity contribution is 0.526. The first-order valence-electron chi connectivity index (χ1n) is 6.27. The highest BCUT2D eigenvalue weighted by atomic mass is 32.2. The van der Waals surface area contributed by atoms with E-state index >= 15 is 0 Å². The number of nitriles is 1. The molecule has 0 atom stereocenters. The second-order valence-corrected chi connectivity index (χ2v) is 5.46. The van der Waals surface area contributed by atoms with Gasteiger partial charge in [0, 0.05) is 18.0 Å². The fraction of sp³-hybridized carbons (Fsp3) is 0.385. The molecule has 2 heterocycles. The van der Waals surface area contributed by atoms with Crippen molar-refractivity contribution in [3.8, 4) is 6.07 Å². The first-order valence-corrected chi connectivity index (χ1v) is 7.26. The normalized spacial score (nSPS) is 10.8. The van der Waals surface area contributed by atoms with E-state index in [1.807, 2.05) is 16.7 Å². The van der Waals surface area contributed by atoms with Crippen molar-refractivity contribution in [2.75, 3.05) is 0 Å². The van der Waals surface area contributed by atoms with Crippen molar-refractivity contribution in [1.82, 2.24) is 19.7 Å². The summed E-state index contributed by atoms with van der Waals surface area (Å²) >= 11 is 1.58. The summed E-state index contributed by atoms with van der Waals surface area (Å²) in [6.07, 6.45) is 1.65. The van der Waals surface area contributed by atoms with E-state index in [4.69, 9.17) is 11.0 Å². The van der Waals surface area contributed by atoms with Gasteiger partial charge in [-0.3, -0.25) is 0 Å². The molecule has 0 unspecified atom stereocenters. The van der Waals surface area contributed by atoms with Crippen LogP contribution in [-0.2, 0) is 12.3 Å². The smallest absolute Gasteiger partial charge is 0.191 e. The largest absolute Gasteiger partial charge is 0.324 e. The Morgan fingerprint density at radius 1 is 1.45 bits per heavy atom. The maximum absolute atomic E-state index is 8.84. The maximum Gasteiger partial charge on any atom is 0.191 e. The van der Waals surface area contributed by atoms with Gasteiger partial charge in [0.25, 0.3) is 0 Å². The molecule has 0 saturated carbocycles. The molecule has 0 spiro atoms. The van der Waals surface area contributed by atoms with Crippen LogP contribution in [0.5, 0.6) is 0 Å². The minimum atomic E-state index is 0.262. The number of aromatic nitrogens is 4. The van der Waals surface area contributed by atoms with Crippen LogP contribution in [0.2, 0.25) is 0 Å². The van der Waals surface area contributed by atoms with Crippen LogP contribution in [0.1, 0.15) is 37.0 Å². The molecule has 2 aromatic heterocycles. The second kappa shape index (κ2) is 6.50. The zero-order chi connectivity index (χ0) is 14.5. The van der Waals surface area contributed by atoms with E-state index in [1.165, 1.54) is 0 Å². The summed E-state index contributed by atoms with van der Waals surface area (Å²) in [5.74, 6) is 1.50. The van der Waals surface area contributed by atoms with Gasteiger partial charge in [-0.1, -0.05) is 11.8 Å². The third-order valence-electron chi connectivity index (χ3n) is 2.74. The van der Waals surface area contributed by atoms with E-state index < -0.39 is 0 Å². The van der Waals surface area contributed by atoms with Crippen molar-refractivity contribution in [2.45, 2.75) is 37.3 Å². The molecular formula is C13H16N6S. The van der Waals surface area contributed by atoms with E-state index in [0.29, 0.717) is 18.0 Å². The minimum Gasteiger partial charge on any atom is -0.324 e. The number of hydrogen-bond donors (Lipinski definition) is 1. The Morgan fingerprint density at radius 3 is 2.90 bits per heavy atom. The van der Waals surface area contributed by atoms with Gasteiger partial charge in [-0.15, -0.1) is 10.2 Å². The third kappa shape index (κ3) is 3.15. The van der Waals surface area contributed by atoms with Crippen molar-refractivity contribution in [3.63, 3.8) is 0 Å². The van der Waals surface area contributed by atoms with Crippen LogP contribution >= 0.6 is 11.8 Å². The van der Waals surface area contributed by atoms with Crippen LogP contribution in [-0.4, -0.2) is 19.7 Å². The summed E-state index contributed by atoms with van der Waals surface area (Å²) < 4.78 is 2.04. The number of thioether (sulfide) groups is 1. The van der Waals surface area contributed by atoms with E-state index in [1.54, 1.807) is 24.0 Å². The van der Waals surface area contributed by atoms with Crippen molar-refractivity contribution >= 4 is 11.8 Å². The van der Waals surface area contributed by atoms with E-state index in [2.05, 4.69) is 29.0 Å². The molecule has 0 aliphatic heterocycles.